The number of nitrogens with one attached hydrogen (secondary N) is 2. The highest BCUT2D eigenvalue weighted by molar-refractivity contribution is 5.83. The predicted molar refractivity (Wildman–Crippen MR) is 93.8 cm³/mol. The number of rotatable bonds is 8. The molecule has 148 valence electrons. The summed E-state index contributed by atoms with van der Waals surface area (Å²) in [4.78, 5) is 35.0. The smallest absolute Gasteiger partial charge is 0.409 e. The minimum absolute atomic E-state index is 0.0469. The Morgan fingerprint density at radius 2 is 1.61 bits per heavy atom. The average molecular weight is 390 g/mol. The molecule has 0 aliphatic rings. The van der Waals surface area contributed by atoms with Crippen molar-refractivity contribution >= 4 is 23.7 Å². The maximum atomic E-state index is 12.1. The number of carboxylic acid groups (broad SMARTS) is 2. The van der Waals surface area contributed by atoms with Gasteiger partial charge in [0.15, 0.2) is 5.69 Å². The lowest BCUT2D eigenvalue weighted by atomic mass is 10.1. The number of amides is 1. The highest BCUT2D eigenvalue weighted by Gasteiger charge is 2.31. The molecule has 2 unspecified atom stereocenters. The molecule has 0 aliphatic carbocycles. The molecule has 3 atom stereocenters. The van der Waals surface area contributed by atoms with Gasteiger partial charge in [0, 0.05) is 12.5 Å². The van der Waals surface area contributed by atoms with E-state index in [0.29, 0.717) is 5.56 Å². The fourth-order valence-electron chi connectivity index (χ4n) is 2.50. The Morgan fingerprint density at radius 1 is 1.00 bits per heavy atom. The van der Waals surface area contributed by atoms with Crippen LogP contribution in [0.15, 0.2) is 54.6 Å². The summed E-state index contributed by atoms with van der Waals surface area (Å²) in [6, 6.07) is 12.3. The van der Waals surface area contributed by atoms with Gasteiger partial charge in [-0.15, -0.1) is 0 Å². The topological polar surface area (TPSA) is 161 Å². The molecule has 10 heteroatoms. The van der Waals surface area contributed by atoms with Gasteiger partial charge >= 0.3 is 18.0 Å². The summed E-state index contributed by atoms with van der Waals surface area (Å²) in [7, 11) is 0. The minimum Gasteiger partial charge on any atom is -0.595 e. The zero-order chi connectivity index (χ0) is 20.7. The van der Waals surface area contributed by atoms with Crippen molar-refractivity contribution in [1.29, 1.82) is 0 Å². The number of carbonyl (C=O) groups excluding carboxylic acids is 1. The third-order valence-electron chi connectivity index (χ3n) is 3.80. The number of hydrogen-bond donors (Lipinski definition) is 5. The van der Waals surface area contributed by atoms with Crippen molar-refractivity contribution in [3.05, 3.63) is 70.9 Å². The molecule has 0 bridgehead atoms. The number of alkyl carbamates (subject to hydrolysis) is 1. The summed E-state index contributed by atoms with van der Waals surface area (Å²) in [6.07, 6.45) is -3.26. The van der Waals surface area contributed by atoms with Gasteiger partial charge in [-0.3, -0.25) is 0 Å². The summed E-state index contributed by atoms with van der Waals surface area (Å²) in [6.45, 7) is 0. The molecule has 1 amide bonds. The fraction of sp³-hybridized carbons (Fsp3) is 0.167. The Kier molecular flexibility index (Phi) is 7.04. The molecule has 0 heterocycles. The number of aliphatic carboxylic acids is 2. The third kappa shape index (κ3) is 5.51. The van der Waals surface area contributed by atoms with Crippen molar-refractivity contribution in [2.24, 2.45) is 0 Å². The zero-order valence-electron chi connectivity index (χ0n) is 14.4. The molecule has 2 aromatic carbocycles. The number of carbonyl (C=O) groups is 3. The van der Waals surface area contributed by atoms with Crippen LogP contribution in [0, 0.1) is 5.21 Å². The third-order valence-corrected chi connectivity index (χ3v) is 3.80. The Hall–Kier alpha value is -3.47. The van der Waals surface area contributed by atoms with Crippen LogP contribution in [-0.2, 0) is 20.7 Å². The average Bonchev–Trinajstić information content (AvgIpc) is 2.66. The zero-order valence-corrected chi connectivity index (χ0v) is 14.4. The van der Waals surface area contributed by atoms with Gasteiger partial charge < -0.3 is 25.5 Å². The van der Waals surface area contributed by atoms with Crippen LogP contribution in [0.4, 0.5) is 10.5 Å². The van der Waals surface area contributed by atoms with Gasteiger partial charge in [0.2, 0.25) is 6.10 Å². The number of para-hydroxylation sites is 1. The van der Waals surface area contributed by atoms with Crippen LogP contribution in [-0.4, -0.2) is 39.5 Å². The molecule has 2 rings (SSSR count). The van der Waals surface area contributed by atoms with E-state index < -0.39 is 35.4 Å². The van der Waals surface area contributed by atoms with E-state index in [2.05, 4.69) is 5.32 Å². The number of ether oxygens (including phenoxy) is 1. The molecule has 0 fully saturated rings. The maximum absolute atomic E-state index is 12.1. The molecular weight excluding hydrogens is 372 g/mol. The summed E-state index contributed by atoms with van der Waals surface area (Å²) >= 11 is 0. The first-order valence-corrected chi connectivity index (χ1v) is 8.08. The molecule has 0 aromatic heterocycles. The van der Waals surface area contributed by atoms with E-state index in [0.717, 1.165) is 0 Å². The van der Waals surface area contributed by atoms with Crippen molar-refractivity contribution in [3.63, 3.8) is 0 Å². The number of carboxylic acids is 2. The number of quaternary nitrogens is 1. The van der Waals surface area contributed by atoms with Gasteiger partial charge in [0.05, 0.1) is 5.56 Å². The fourth-order valence-corrected chi connectivity index (χ4v) is 2.50. The summed E-state index contributed by atoms with van der Waals surface area (Å²) < 4.78 is 4.83. The van der Waals surface area contributed by atoms with Crippen LogP contribution in [0.25, 0.3) is 0 Å². The molecule has 2 aromatic rings. The maximum Gasteiger partial charge on any atom is 0.409 e. The lowest BCUT2D eigenvalue weighted by molar-refractivity contribution is -0.991. The SMILES string of the molecule is O=C(N[C@H](Cc1ccccc1)C(=O)O)OC(C(=O)O)c1ccccc1[NH+]([O-])O. The van der Waals surface area contributed by atoms with Gasteiger partial charge in [-0.1, -0.05) is 42.5 Å². The highest BCUT2D eigenvalue weighted by Crippen LogP contribution is 2.23. The molecule has 0 saturated heterocycles. The standard InChI is InChI=1S/C18H18N2O8/c21-16(22)13(10-11-6-2-1-3-7-11)19-18(25)28-15(17(23)24)12-8-4-5-9-14(12)20(26)27/h1-9,13,15,20,26H,10H2,(H,19,25)(H,21,22)(H,23,24)/t13-,15?/m1/s1. The van der Waals surface area contributed by atoms with Crippen molar-refractivity contribution < 1.29 is 39.8 Å². The van der Waals surface area contributed by atoms with Crippen molar-refractivity contribution in [2.75, 3.05) is 0 Å². The molecule has 28 heavy (non-hydrogen) atoms. The Morgan fingerprint density at radius 3 is 2.18 bits per heavy atom. The molecule has 0 saturated carbocycles. The summed E-state index contributed by atoms with van der Waals surface area (Å²) in [5.41, 5.74) is 0.0514. The lowest BCUT2D eigenvalue weighted by Crippen LogP contribution is -2.99. The quantitative estimate of drug-likeness (QED) is 0.410. The minimum atomic E-state index is -1.92. The van der Waals surface area contributed by atoms with Gasteiger partial charge in [-0.05, 0) is 11.6 Å². The van der Waals surface area contributed by atoms with Crippen LogP contribution < -0.4 is 10.5 Å². The first-order valence-electron chi connectivity index (χ1n) is 8.08. The second kappa shape index (κ2) is 9.46. The first-order chi connectivity index (χ1) is 13.3. The normalized spacial score (nSPS) is 13.8. The van der Waals surface area contributed by atoms with Gasteiger partial charge in [0.25, 0.3) is 0 Å². The molecule has 0 aliphatic heterocycles. The molecule has 0 spiro atoms. The highest BCUT2D eigenvalue weighted by atomic mass is 16.8. The first kappa shape index (κ1) is 20.8. The van der Waals surface area contributed by atoms with Crippen molar-refractivity contribution in [2.45, 2.75) is 18.6 Å². The molecule has 5 N–H and O–H groups in total. The number of hydrogen-bond acceptors (Lipinski definition) is 6. The second-order valence-electron chi connectivity index (χ2n) is 5.74. The largest absolute Gasteiger partial charge is 0.595 e. The van der Waals surface area contributed by atoms with E-state index in [1.165, 1.54) is 24.3 Å². The molecular formula is C18H18N2O8. The van der Waals surface area contributed by atoms with Crippen LogP contribution >= 0.6 is 0 Å². The Balaban J connectivity index is 2.15. The van der Waals surface area contributed by atoms with Crippen LogP contribution in [0.3, 0.4) is 0 Å². The molecule has 10 nitrogen and oxygen atoms in total. The van der Waals surface area contributed by atoms with E-state index in [4.69, 9.17) is 4.74 Å². The van der Waals surface area contributed by atoms with E-state index in [1.54, 1.807) is 30.3 Å². The summed E-state index contributed by atoms with van der Waals surface area (Å²) in [5, 5.41) is 39.8. The van der Waals surface area contributed by atoms with Gasteiger partial charge in [-0.25, -0.2) is 19.6 Å². The van der Waals surface area contributed by atoms with Crippen LogP contribution in [0.2, 0.25) is 0 Å². The lowest BCUT2D eigenvalue weighted by Gasteiger charge is -2.21. The van der Waals surface area contributed by atoms with Crippen molar-refractivity contribution in [3.8, 4) is 0 Å². The van der Waals surface area contributed by atoms with E-state index in [-0.39, 0.29) is 17.7 Å². The Bertz CT molecular complexity index is 840. The monoisotopic (exact) mass is 390 g/mol. The van der Waals surface area contributed by atoms with Crippen LogP contribution in [0.5, 0.6) is 0 Å². The number of benzene rings is 2. The van der Waals surface area contributed by atoms with Crippen LogP contribution in [0.1, 0.15) is 17.2 Å². The van der Waals surface area contributed by atoms with E-state index in [1.807, 2.05) is 0 Å². The predicted octanol–water partition coefficient (Wildman–Crippen LogP) is 0.638. The van der Waals surface area contributed by atoms with Crippen molar-refractivity contribution in [1.82, 2.24) is 5.32 Å². The summed E-state index contributed by atoms with van der Waals surface area (Å²) in [5.74, 6) is -2.93. The van der Waals surface area contributed by atoms with E-state index in [9.17, 15) is 35.0 Å². The molecule has 0 radical (unpaired) electrons. The van der Waals surface area contributed by atoms with Gasteiger partial charge in [0.1, 0.15) is 6.04 Å². The van der Waals surface area contributed by atoms with Gasteiger partial charge in [-0.2, -0.15) is 5.23 Å². The van der Waals surface area contributed by atoms with E-state index >= 15 is 0 Å². The Labute approximate surface area is 159 Å². The second-order valence-corrected chi connectivity index (χ2v) is 5.74.